The van der Waals surface area contributed by atoms with Crippen molar-refractivity contribution in [2.24, 2.45) is 0 Å². The minimum absolute atomic E-state index is 0.106. The van der Waals surface area contributed by atoms with Crippen molar-refractivity contribution in [1.82, 2.24) is 9.62 Å². The Hall–Kier alpha value is -1.93. The third-order valence-corrected chi connectivity index (χ3v) is 6.53. The molecule has 0 radical (unpaired) electrons. The van der Waals surface area contributed by atoms with E-state index in [0.717, 1.165) is 5.56 Å². The second-order valence-electron chi connectivity index (χ2n) is 6.20. The van der Waals surface area contributed by atoms with Crippen LogP contribution >= 0.6 is 11.6 Å². The van der Waals surface area contributed by atoms with Crippen LogP contribution in [0.25, 0.3) is 0 Å². The van der Waals surface area contributed by atoms with Gasteiger partial charge in [0, 0.05) is 19.6 Å². The molecule has 0 bridgehead atoms. The molecule has 3 rings (SSSR count). The maximum absolute atomic E-state index is 12.7. The van der Waals surface area contributed by atoms with Crippen LogP contribution in [0, 0.1) is 0 Å². The number of carbonyl (C=O) groups is 1. The highest BCUT2D eigenvalue weighted by molar-refractivity contribution is 7.88. The Labute approximate surface area is 164 Å². The molecule has 0 aromatic heterocycles. The van der Waals surface area contributed by atoms with Crippen molar-refractivity contribution in [3.8, 4) is 0 Å². The van der Waals surface area contributed by atoms with E-state index in [1.165, 1.54) is 4.31 Å². The molecule has 6 nitrogen and oxygen atoms in total. The lowest BCUT2D eigenvalue weighted by molar-refractivity contribution is 0.0729. The molecular formula is C19H21ClN2O4S. The summed E-state index contributed by atoms with van der Waals surface area (Å²) in [5.41, 5.74) is 1.82. The Kier molecular flexibility index (Phi) is 6.49. The molecule has 144 valence electrons. The first kappa shape index (κ1) is 19.8. The second kappa shape index (κ2) is 8.84. The summed E-state index contributed by atoms with van der Waals surface area (Å²) in [4.78, 5) is 12.3. The minimum Gasteiger partial charge on any atom is -0.379 e. The van der Waals surface area contributed by atoms with Crippen molar-refractivity contribution < 1.29 is 17.9 Å². The number of ether oxygens (including phenoxy) is 1. The lowest BCUT2D eigenvalue weighted by Crippen LogP contribution is -2.41. The molecule has 0 spiro atoms. The van der Waals surface area contributed by atoms with Gasteiger partial charge in [0.15, 0.2) is 0 Å². The van der Waals surface area contributed by atoms with Crippen LogP contribution in [-0.4, -0.2) is 44.9 Å². The van der Waals surface area contributed by atoms with Gasteiger partial charge in [0.1, 0.15) is 0 Å². The standard InChI is InChI=1S/C19H21ClN2O4S/c20-18-8-4-3-7-17(18)19(23)21-13-15-5-1-2-6-16(15)14-27(24,25)22-9-11-26-12-10-22/h1-8H,9-14H2,(H,21,23). The summed E-state index contributed by atoms with van der Waals surface area (Å²) in [5.74, 6) is -0.406. The zero-order chi connectivity index (χ0) is 19.3. The lowest BCUT2D eigenvalue weighted by Gasteiger charge is -2.26. The first-order valence-corrected chi connectivity index (χ1v) is 10.6. The Morgan fingerprint density at radius 2 is 1.67 bits per heavy atom. The Morgan fingerprint density at radius 3 is 2.37 bits per heavy atom. The second-order valence-corrected chi connectivity index (χ2v) is 8.57. The van der Waals surface area contributed by atoms with E-state index in [-0.39, 0.29) is 18.2 Å². The summed E-state index contributed by atoms with van der Waals surface area (Å²) >= 11 is 6.05. The van der Waals surface area contributed by atoms with E-state index < -0.39 is 10.0 Å². The van der Waals surface area contributed by atoms with Gasteiger partial charge in [-0.1, -0.05) is 48.0 Å². The van der Waals surface area contributed by atoms with Gasteiger partial charge in [0.05, 0.1) is 29.6 Å². The van der Waals surface area contributed by atoms with Gasteiger partial charge in [-0.3, -0.25) is 4.79 Å². The van der Waals surface area contributed by atoms with Gasteiger partial charge >= 0.3 is 0 Å². The maximum atomic E-state index is 12.7. The third-order valence-electron chi connectivity index (χ3n) is 4.38. The van der Waals surface area contributed by atoms with E-state index >= 15 is 0 Å². The molecule has 1 saturated heterocycles. The summed E-state index contributed by atoms with van der Waals surface area (Å²) < 4.78 is 32.0. The Bertz CT molecular complexity index is 911. The summed E-state index contributed by atoms with van der Waals surface area (Å²) in [7, 11) is -3.44. The quantitative estimate of drug-likeness (QED) is 0.796. The fourth-order valence-electron chi connectivity index (χ4n) is 2.90. The number of carbonyl (C=O) groups excluding carboxylic acids is 1. The number of benzene rings is 2. The fraction of sp³-hybridized carbons (Fsp3) is 0.316. The highest BCUT2D eigenvalue weighted by Gasteiger charge is 2.25. The molecule has 8 heteroatoms. The van der Waals surface area contributed by atoms with Crippen molar-refractivity contribution in [2.75, 3.05) is 26.3 Å². The van der Waals surface area contributed by atoms with Crippen molar-refractivity contribution in [1.29, 1.82) is 0 Å². The zero-order valence-corrected chi connectivity index (χ0v) is 16.3. The van der Waals surface area contributed by atoms with Gasteiger partial charge in [-0.15, -0.1) is 0 Å². The van der Waals surface area contributed by atoms with Crippen LogP contribution in [0.15, 0.2) is 48.5 Å². The molecule has 0 atom stereocenters. The molecule has 1 heterocycles. The molecular weight excluding hydrogens is 388 g/mol. The van der Waals surface area contributed by atoms with Crippen molar-refractivity contribution in [3.05, 3.63) is 70.2 Å². The van der Waals surface area contributed by atoms with Gasteiger partial charge in [-0.25, -0.2) is 8.42 Å². The number of amides is 1. The van der Waals surface area contributed by atoms with Crippen LogP contribution < -0.4 is 5.32 Å². The fourth-order valence-corrected chi connectivity index (χ4v) is 4.68. The Balaban J connectivity index is 1.70. The first-order valence-electron chi connectivity index (χ1n) is 8.62. The monoisotopic (exact) mass is 408 g/mol. The predicted molar refractivity (Wildman–Crippen MR) is 104 cm³/mol. The van der Waals surface area contributed by atoms with Crippen LogP contribution in [0.3, 0.4) is 0 Å². The van der Waals surface area contributed by atoms with E-state index in [0.29, 0.717) is 42.5 Å². The average molecular weight is 409 g/mol. The van der Waals surface area contributed by atoms with Crippen molar-refractivity contribution >= 4 is 27.5 Å². The molecule has 1 N–H and O–H groups in total. The minimum atomic E-state index is -3.44. The molecule has 2 aromatic carbocycles. The highest BCUT2D eigenvalue weighted by Crippen LogP contribution is 2.18. The van der Waals surface area contributed by atoms with Crippen LogP contribution in [0.4, 0.5) is 0 Å². The molecule has 1 amide bonds. The average Bonchev–Trinajstić information content (AvgIpc) is 2.68. The van der Waals surface area contributed by atoms with E-state index in [9.17, 15) is 13.2 Å². The van der Waals surface area contributed by atoms with Gasteiger partial charge in [0.2, 0.25) is 10.0 Å². The molecule has 1 fully saturated rings. The van der Waals surface area contributed by atoms with E-state index in [1.807, 2.05) is 12.1 Å². The van der Waals surface area contributed by atoms with Crippen LogP contribution in [-0.2, 0) is 27.1 Å². The predicted octanol–water partition coefficient (Wildman–Crippen LogP) is 2.43. The van der Waals surface area contributed by atoms with Crippen LogP contribution in [0.1, 0.15) is 21.5 Å². The lowest BCUT2D eigenvalue weighted by atomic mass is 10.1. The molecule has 2 aromatic rings. The molecule has 27 heavy (non-hydrogen) atoms. The number of hydrogen-bond donors (Lipinski definition) is 1. The van der Waals surface area contributed by atoms with Gasteiger partial charge in [-0.2, -0.15) is 4.31 Å². The topological polar surface area (TPSA) is 75.7 Å². The van der Waals surface area contributed by atoms with E-state index in [1.54, 1.807) is 36.4 Å². The number of nitrogens with one attached hydrogen (secondary N) is 1. The highest BCUT2D eigenvalue weighted by atomic mass is 35.5. The van der Waals surface area contributed by atoms with Crippen LogP contribution in [0.5, 0.6) is 0 Å². The smallest absolute Gasteiger partial charge is 0.253 e. The van der Waals surface area contributed by atoms with Gasteiger partial charge in [-0.05, 0) is 23.3 Å². The first-order chi connectivity index (χ1) is 13.0. The summed E-state index contributed by atoms with van der Waals surface area (Å²) in [5, 5.41) is 3.18. The number of rotatable bonds is 6. The molecule has 0 aliphatic carbocycles. The van der Waals surface area contributed by atoms with Crippen molar-refractivity contribution in [2.45, 2.75) is 12.3 Å². The number of sulfonamides is 1. The van der Waals surface area contributed by atoms with Gasteiger partial charge in [0.25, 0.3) is 5.91 Å². The molecule has 0 unspecified atom stereocenters. The number of nitrogens with zero attached hydrogens (tertiary/aromatic N) is 1. The SMILES string of the molecule is O=C(NCc1ccccc1CS(=O)(=O)N1CCOCC1)c1ccccc1Cl. The summed E-state index contributed by atoms with van der Waals surface area (Å²) in [6.45, 7) is 1.78. The van der Waals surface area contributed by atoms with Crippen molar-refractivity contribution in [3.63, 3.8) is 0 Å². The molecule has 1 aliphatic rings. The number of hydrogen-bond acceptors (Lipinski definition) is 4. The number of morpholine rings is 1. The Morgan fingerprint density at radius 1 is 1.04 bits per heavy atom. The van der Waals surface area contributed by atoms with E-state index in [4.69, 9.17) is 16.3 Å². The zero-order valence-electron chi connectivity index (χ0n) is 14.7. The summed E-state index contributed by atoms with van der Waals surface area (Å²) in [6.07, 6.45) is 0. The summed E-state index contributed by atoms with van der Waals surface area (Å²) in [6, 6.07) is 14.0. The molecule has 0 saturated carbocycles. The molecule has 1 aliphatic heterocycles. The third kappa shape index (κ3) is 5.07. The normalized spacial score (nSPS) is 15.4. The maximum Gasteiger partial charge on any atom is 0.253 e. The van der Waals surface area contributed by atoms with Crippen LogP contribution in [0.2, 0.25) is 5.02 Å². The largest absolute Gasteiger partial charge is 0.379 e. The van der Waals surface area contributed by atoms with Gasteiger partial charge < -0.3 is 10.1 Å². The van der Waals surface area contributed by atoms with E-state index in [2.05, 4.69) is 5.32 Å². The number of halogens is 1.